The van der Waals surface area contributed by atoms with Gasteiger partial charge in [-0.05, 0) is 44.3 Å². The SMILES string of the molecule is CCc1cnc(CN2CCC(CNCC(C)C)C2)s1. The van der Waals surface area contributed by atoms with Crippen LogP contribution in [0.25, 0.3) is 0 Å². The zero-order valence-electron chi connectivity index (χ0n) is 12.5. The minimum atomic E-state index is 0.750. The van der Waals surface area contributed by atoms with Crippen LogP contribution in [0.2, 0.25) is 0 Å². The van der Waals surface area contributed by atoms with Crippen LogP contribution in [0.5, 0.6) is 0 Å². The van der Waals surface area contributed by atoms with Crippen LogP contribution in [0.4, 0.5) is 0 Å². The quantitative estimate of drug-likeness (QED) is 0.833. The molecule has 1 aliphatic rings. The van der Waals surface area contributed by atoms with Crippen LogP contribution in [0.1, 0.15) is 37.1 Å². The molecular weight excluding hydrogens is 254 g/mol. The predicted molar refractivity (Wildman–Crippen MR) is 82.6 cm³/mol. The van der Waals surface area contributed by atoms with Crippen LogP contribution in [-0.4, -0.2) is 36.1 Å². The molecule has 108 valence electrons. The van der Waals surface area contributed by atoms with Gasteiger partial charge in [0, 0.05) is 17.6 Å². The normalized spacial score (nSPS) is 20.5. The first-order valence-electron chi connectivity index (χ1n) is 7.54. The molecule has 0 radical (unpaired) electrons. The molecule has 1 aromatic heterocycles. The van der Waals surface area contributed by atoms with Crippen molar-refractivity contribution >= 4 is 11.3 Å². The van der Waals surface area contributed by atoms with Crippen molar-refractivity contribution in [3.63, 3.8) is 0 Å². The zero-order valence-corrected chi connectivity index (χ0v) is 13.3. The third-order valence-electron chi connectivity index (χ3n) is 3.66. The van der Waals surface area contributed by atoms with Gasteiger partial charge in [0.05, 0.1) is 6.54 Å². The van der Waals surface area contributed by atoms with Gasteiger partial charge in [-0.3, -0.25) is 4.90 Å². The minimum Gasteiger partial charge on any atom is -0.316 e. The molecule has 2 heterocycles. The molecule has 1 atom stereocenters. The van der Waals surface area contributed by atoms with Gasteiger partial charge >= 0.3 is 0 Å². The lowest BCUT2D eigenvalue weighted by Crippen LogP contribution is -2.28. The van der Waals surface area contributed by atoms with Crippen LogP contribution in [0, 0.1) is 11.8 Å². The minimum absolute atomic E-state index is 0.750. The third kappa shape index (κ3) is 4.86. The van der Waals surface area contributed by atoms with E-state index in [0.717, 1.165) is 31.3 Å². The largest absolute Gasteiger partial charge is 0.316 e. The fraction of sp³-hybridized carbons (Fsp3) is 0.800. The van der Waals surface area contributed by atoms with Crippen molar-refractivity contribution in [2.45, 2.75) is 40.2 Å². The number of rotatable bonds is 7. The Kier molecular flexibility index (Phi) is 5.79. The number of nitrogens with zero attached hydrogens (tertiary/aromatic N) is 2. The summed E-state index contributed by atoms with van der Waals surface area (Å²) >= 11 is 1.87. The van der Waals surface area contributed by atoms with E-state index in [4.69, 9.17) is 0 Å². The summed E-state index contributed by atoms with van der Waals surface area (Å²) in [6.45, 7) is 12.6. The smallest absolute Gasteiger partial charge is 0.107 e. The monoisotopic (exact) mass is 281 g/mol. The first kappa shape index (κ1) is 14.9. The summed E-state index contributed by atoms with van der Waals surface area (Å²) in [4.78, 5) is 8.48. The second-order valence-corrected chi connectivity index (χ2v) is 7.22. The Bertz CT molecular complexity index is 375. The molecule has 0 spiro atoms. The second kappa shape index (κ2) is 7.36. The summed E-state index contributed by atoms with van der Waals surface area (Å²) in [6, 6.07) is 0. The van der Waals surface area contributed by atoms with Gasteiger partial charge in [0.25, 0.3) is 0 Å². The molecule has 2 rings (SSSR count). The molecule has 0 aromatic carbocycles. The molecule has 1 saturated heterocycles. The summed E-state index contributed by atoms with van der Waals surface area (Å²) in [6.07, 6.45) is 4.48. The lowest BCUT2D eigenvalue weighted by Gasteiger charge is -2.15. The van der Waals surface area contributed by atoms with E-state index >= 15 is 0 Å². The number of aryl methyl sites for hydroxylation is 1. The molecule has 0 saturated carbocycles. The Morgan fingerprint density at radius 3 is 3.05 bits per heavy atom. The molecule has 1 aromatic rings. The average Bonchev–Trinajstić information content (AvgIpc) is 2.99. The fourth-order valence-corrected chi connectivity index (χ4v) is 3.48. The summed E-state index contributed by atoms with van der Waals surface area (Å²) in [5.74, 6) is 1.57. The van der Waals surface area contributed by atoms with Crippen LogP contribution >= 0.6 is 11.3 Å². The lowest BCUT2D eigenvalue weighted by molar-refractivity contribution is 0.313. The number of likely N-dealkylation sites (tertiary alicyclic amines) is 1. The van der Waals surface area contributed by atoms with Gasteiger partial charge in [-0.15, -0.1) is 11.3 Å². The van der Waals surface area contributed by atoms with Crippen LogP contribution in [0.3, 0.4) is 0 Å². The standard InChI is InChI=1S/C15H27N3S/c1-4-14-9-17-15(19-14)11-18-6-5-13(10-18)8-16-7-12(2)3/h9,12-13,16H,4-8,10-11H2,1-3H3. The Morgan fingerprint density at radius 1 is 1.53 bits per heavy atom. The maximum Gasteiger partial charge on any atom is 0.107 e. The van der Waals surface area contributed by atoms with Crippen molar-refractivity contribution in [2.24, 2.45) is 11.8 Å². The Hall–Kier alpha value is -0.450. The van der Waals surface area contributed by atoms with E-state index in [1.807, 2.05) is 17.5 Å². The lowest BCUT2D eigenvalue weighted by atomic mass is 10.1. The predicted octanol–water partition coefficient (Wildman–Crippen LogP) is 2.77. The number of thiazole rings is 1. The number of hydrogen-bond donors (Lipinski definition) is 1. The highest BCUT2D eigenvalue weighted by molar-refractivity contribution is 7.11. The van der Waals surface area contributed by atoms with Gasteiger partial charge in [0.1, 0.15) is 5.01 Å². The van der Waals surface area contributed by atoms with E-state index in [0.29, 0.717) is 0 Å². The molecule has 0 amide bonds. The average molecular weight is 281 g/mol. The van der Waals surface area contributed by atoms with E-state index < -0.39 is 0 Å². The van der Waals surface area contributed by atoms with E-state index in [-0.39, 0.29) is 0 Å². The Balaban J connectivity index is 1.69. The molecule has 1 aliphatic heterocycles. The fourth-order valence-electron chi connectivity index (χ4n) is 2.58. The first-order valence-corrected chi connectivity index (χ1v) is 8.35. The van der Waals surface area contributed by atoms with Crippen molar-refractivity contribution in [2.75, 3.05) is 26.2 Å². The van der Waals surface area contributed by atoms with Gasteiger partial charge < -0.3 is 5.32 Å². The van der Waals surface area contributed by atoms with Gasteiger partial charge in [0.2, 0.25) is 0 Å². The van der Waals surface area contributed by atoms with Gasteiger partial charge in [-0.25, -0.2) is 4.98 Å². The molecule has 1 N–H and O–H groups in total. The van der Waals surface area contributed by atoms with Crippen molar-refractivity contribution in [3.05, 3.63) is 16.1 Å². The summed E-state index contributed by atoms with van der Waals surface area (Å²) in [5, 5.41) is 4.87. The number of hydrogen-bond acceptors (Lipinski definition) is 4. The van der Waals surface area contributed by atoms with Crippen LogP contribution < -0.4 is 5.32 Å². The molecule has 0 aliphatic carbocycles. The highest BCUT2D eigenvalue weighted by atomic mass is 32.1. The highest BCUT2D eigenvalue weighted by Crippen LogP contribution is 2.21. The molecule has 0 bridgehead atoms. The molecule has 3 nitrogen and oxygen atoms in total. The first-order chi connectivity index (χ1) is 9.17. The molecule has 19 heavy (non-hydrogen) atoms. The van der Waals surface area contributed by atoms with E-state index in [9.17, 15) is 0 Å². The number of aromatic nitrogens is 1. The van der Waals surface area contributed by atoms with Gasteiger partial charge in [-0.2, -0.15) is 0 Å². The molecule has 1 fully saturated rings. The van der Waals surface area contributed by atoms with Crippen molar-refractivity contribution in [1.82, 2.24) is 15.2 Å². The summed E-state index contributed by atoms with van der Waals surface area (Å²) < 4.78 is 0. The maximum atomic E-state index is 4.52. The molecule has 1 unspecified atom stereocenters. The van der Waals surface area contributed by atoms with E-state index in [1.165, 1.54) is 35.9 Å². The van der Waals surface area contributed by atoms with Crippen LogP contribution in [-0.2, 0) is 13.0 Å². The summed E-state index contributed by atoms with van der Waals surface area (Å²) in [5.41, 5.74) is 0. The highest BCUT2D eigenvalue weighted by Gasteiger charge is 2.22. The van der Waals surface area contributed by atoms with Crippen molar-refractivity contribution in [1.29, 1.82) is 0 Å². The topological polar surface area (TPSA) is 28.2 Å². The number of nitrogens with one attached hydrogen (secondary N) is 1. The Labute approximate surface area is 121 Å². The second-order valence-electron chi connectivity index (χ2n) is 6.02. The van der Waals surface area contributed by atoms with Crippen LogP contribution in [0.15, 0.2) is 6.20 Å². The van der Waals surface area contributed by atoms with E-state index in [1.54, 1.807) is 0 Å². The molecular formula is C15H27N3S. The maximum absolute atomic E-state index is 4.52. The van der Waals surface area contributed by atoms with Gasteiger partial charge in [-0.1, -0.05) is 20.8 Å². The summed E-state index contributed by atoms with van der Waals surface area (Å²) in [7, 11) is 0. The Morgan fingerprint density at radius 2 is 2.37 bits per heavy atom. The third-order valence-corrected chi connectivity index (χ3v) is 4.79. The van der Waals surface area contributed by atoms with Gasteiger partial charge in [0.15, 0.2) is 0 Å². The van der Waals surface area contributed by atoms with Crippen molar-refractivity contribution in [3.8, 4) is 0 Å². The zero-order chi connectivity index (χ0) is 13.7. The van der Waals surface area contributed by atoms with Crippen molar-refractivity contribution < 1.29 is 0 Å². The van der Waals surface area contributed by atoms with E-state index in [2.05, 4.69) is 36.0 Å². The molecule has 4 heteroatoms.